The van der Waals surface area contributed by atoms with Gasteiger partial charge in [-0.05, 0) is 19.8 Å². The molecular weight excluding hydrogens is 300 g/mol. The zero-order chi connectivity index (χ0) is 15.9. The minimum Gasteiger partial charge on any atom is -0.333 e. The Kier molecular flexibility index (Phi) is 5.88. The first-order chi connectivity index (χ1) is 10.6. The molecule has 0 saturated heterocycles. The number of nitrogens with one attached hydrogen (secondary N) is 2. The van der Waals surface area contributed by atoms with Gasteiger partial charge in [0.05, 0.1) is 12.2 Å². The topological polar surface area (TPSA) is 84.7 Å². The van der Waals surface area contributed by atoms with Crippen LogP contribution < -0.4 is 10.6 Å². The fraction of sp³-hybridized carbons (Fsp3) is 0.571. The van der Waals surface area contributed by atoms with Crippen LogP contribution in [0.25, 0.3) is 0 Å². The van der Waals surface area contributed by atoms with E-state index in [9.17, 15) is 4.79 Å². The van der Waals surface area contributed by atoms with E-state index in [2.05, 4.69) is 39.5 Å². The molecule has 0 aliphatic rings. The van der Waals surface area contributed by atoms with Crippen molar-refractivity contribution in [3.63, 3.8) is 0 Å². The third-order valence-corrected chi connectivity index (χ3v) is 4.27. The molecule has 0 spiro atoms. The lowest BCUT2D eigenvalue weighted by atomic mass is 10.2. The molecule has 0 bridgehead atoms. The second-order valence-electron chi connectivity index (χ2n) is 5.11. The van der Waals surface area contributed by atoms with Crippen molar-refractivity contribution >= 4 is 22.5 Å². The Morgan fingerprint density at radius 2 is 2.27 bits per heavy atom. The van der Waals surface area contributed by atoms with E-state index < -0.39 is 0 Å². The quantitative estimate of drug-likeness (QED) is 0.820. The maximum absolute atomic E-state index is 12.0. The zero-order valence-electron chi connectivity index (χ0n) is 13.2. The molecule has 0 aliphatic heterocycles. The predicted octanol–water partition coefficient (Wildman–Crippen LogP) is 2.46. The van der Waals surface area contributed by atoms with Crippen LogP contribution in [0.4, 0.5) is 9.93 Å². The summed E-state index contributed by atoms with van der Waals surface area (Å²) < 4.78 is 1.68. The minimum absolute atomic E-state index is 0.0533. The Labute approximate surface area is 134 Å². The van der Waals surface area contributed by atoms with Gasteiger partial charge >= 0.3 is 6.03 Å². The molecule has 22 heavy (non-hydrogen) atoms. The first-order valence-electron chi connectivity index (χ1n) is 7.50. The fourth-order valence-electron chi connectivity index (χ4n) is 2.16. The van der Waals surface area contributed by atoms with E-state index in [0.717, 1.165) is 25.0 Å². The lowest BCUT2D eigenvalue weighted by molar-refractivity contribution is 0.247. The molecule has 0 aliphatic carbocycles. The van der Waals surface area contributed by atoms with Crippen molar-refractivity contribution in [2.45, 2.75) is 52.6 Å². The number of carbonyl (C=O) groups excluding carboxylic acids is 1. The number of aromatic nitrogens is 4. The average Bonchev–Trinajstić information content (AvgIpc) is 3.08. The largest absolute Gasteiger partial charge is 0.333 e. The van der Waals surface area contributed by atoms with Gasteiger partial charge in [-0.1, -0.05) is 20.3 Å². The van der Waals surface area contributed by atoms with E-state index in [1.54, 1.807) is 22.3 Å². The summed E-state index contributed by atoms with van der Waals surface area (Å²) in [7, 11) is 0. The Morgan fingerprint density at radius 1 is 1.45 bits per heavy atom. The molecule has 2 aromatic rings. The van der Waals surface area contributed by atoms with Gasteiger partial charge in [0.1, 0.15) is 12.7 Å². The van der Waals surface area contributed by atoms with Crippen LogP contribution in [0.15, 0.2) is 12.7 Å². The zero-order valence-corrected chi connectivity index (χ0v) is 14.0. The second-order valence-corrected chi connectivity index (χ2v) is 6.19. The highest BCUT2D eigenvalue weighted by atomic mass is 32.1. The lowest BCUT2D eigenvalue weighted by Crippen LogP contribution is -2.38. The van der Waals surface area contributed by atoms with Gasteiger partial charge in [-0.15, -0.1) is 11.3 Å². The van der Waals surface area contributed by atoms with Gasteiger partial charge in [0, 0.05) is 10.9 Å². The molecular formula is C14H22N6OS. The number of aryl methyl sites for hydroxylation is 2. The molecule has 0 fully saturated rings. The van der Waals surface area contributed by atoms with Crippen LogP contribution >= 0.6 is 11.3 Å². The molecule has 0 aromatic carbocycles. The van der Waals surface area contributed by atoms with E-state index in [1.165, 1.54) is 11.2 Å². The van der Waals surface area contributed by atoms with Gasteiger partial charge in [0.15, 0.2) is 5.13 Å². The summed E-state index contributed by atoms with van der Waals surface area (Å²) in [5.41, 5.74) is 1.10. The number of thiazole rings is 1. The fourth-order valence-corrected chi connectivity index (χ4v) is 3.10. The van der Waals surface area contributed by atoms with Crippen LogP contribution in [0.2, 0.25) is 0 Å². The van der Waals surface area contributed by atoms with Crippen molar-refractivity contribution in [1.82, 2.24) is 25.1 Å². The van der Waals surface area contributed by atoms with Crippen molar-refractivity contribution in [2.24, 2.45) is 0 Å². The highest BCUT2D eigenvalue weighted by molar-refractivity contribution is 7.15. The third kappa shape index (κ3) is 4.52. The molecule has 1 unspecified atom stereocenters. The van der Waals surface area contributed by atoms with Crippen LogP contribution in [0.5, 0.6) is 0 Å². The van der Waals surface area contributed by atoms with Crippen LogP contribution in [0.1, 0.15) is 37.8 Å². The molecule has 2 rings (SSSR count). The van der Waals surface area contributed by atoms with Gasteiger partial charge in [0.25, 0.3) is 0 Å². The van der Waals surface area contributed by atoms with Crippen molar-refractivity contribution in [3.05, 3.63) is 23.2 Å². The van der Waals surface area contributed by atoms with Gasteiger partial charge in [0.2, 0.25) is 0 Å². The van der Waals surface area contributed by atoms with Gasteiger partial charge < -0.3 is 5.32 Å². The summed E-state index contributed by atoms with van der Waals surface area (Å²) in [4.78, 5) is 21.7. The molecule has 8 heteroatoms. The smallest absolute Gasteiger partial charge is 0.321 e. The van der Waals surface area contributed by atoms with Crippen molar-refractivity contribution in [1.29, 1.82) is 0 Å². The molecule has 2 N–H and O–H groups in total. The molecule has 7 nitrogen and oxygen atoms in total. The number of hydrogen-bond donors (Lipinski definition) is 2. The summed E-state index contributed by atoms with van der Waals surface area (Å²) in [5, 5.41) is 10.4. The summed E-state index contributed by atoms with van der Waals surface area (Å²) >= 11 is 1.55. The Morgan fingerprint density at radius 3 is 2.91 bits per heavy atom. The number of urea groups is 1. The van der Waals surface area contributed by atoms with Crippen molar-refractivity contribution in [2.75, 3.05) is 5.32 Å². The molecule has 1 atom stereocenters. The van der Waals surface area contributed by atoms with Crippen LogP contribution in [-0.2, 0) is 19.4 Å². The van der Waals surface area contributed by atoms with Crippen LogP contribution in [0, 0.1) is 0 Å². The molecule has 0 saturated carbocycles. The SMILES string of the molecule is CCCc1nc(NC(=O)NC(C)Cn2cncn2)sc1CC. The number of anilines is 1. The summed E-state index contributed by atoms with van der Waals surface area (Å²) in [6.45, 7) is 6.73. The predicted molar refractivity (Wildman–Crippen MR) is 87.1 cm³/mol. The van der Waals surface area contributed by atoms with Crippen LogP contribution in [-0.4, -0.2) is 31.8 Å². The van der Waals surface area contributed by atoms with E-state index in [-0.39, 0.29) is 12.1 Å². The highest BCUT2D eigenvalue weighted by Gasteiger charge is 2.13. The van der Waals surface area contributed by atoms with Gasteiger partial charge in [-0.3, -0.25) is 10.00 Å². The monoisotopic (exact) mass is 322 g/mol. The Bertz CT molecular complexity index is 595. The molecule has 0 radical (unpaired) electrons. The van der Waals surface area contributed by atoms with Crippen molar-refractivity contribution in [3.8, 4) is 0 Å². The maximum Gasteiger partial charge on any atom is 0.321 e. The summed E-state index contributed by atoms with van der Waals surface area (Å²) in [5.74, 6) is 0. The lowest BCUT2D eigenvalue weighted by Gasteiger charge is -2.13. The average molecular weight is 322 g/mol. The highest BCUT2D eigenvalue weighted by Crippen LogP contribution is 2.24. The Balaban J connectivity index is 1.88. The van der Waals surface area contributed by atoms with Gasteiger partial charge in [-0.25, -0.2) is 14.8 Å². The Hall–Kier alpha value is -1.96. The van der Waals surface area contributed by atoms with E-state index in [4.69, 9.17) is 0 Å². The van der Waals surface area contributed by atoms with Gasteiger partial charge in [-0.2, -0.15) is 5.10 Å². The normalized spacial score (nSPS) is 12.1. The number of carbonyl (C=O) groups is 1. The van der Waals surface area contributed by atoms with E-state index in [0.29, 0.717) is 11.7 Å². The maximum atomic E-state index is 12.0. The van der Waals surface area contributed by atoms with E-state index in [1.807, 2.05) is 6.92 Å². The van der Waals surface area contributed by atoms with Crippen molar-refractivity contribution < 1.29 is 4.79 Å². The standard InChI is InChI=1S/C14H22N6OS/c1-4-6-11-12(5-2)22-14(18-11)19-13(21)17-10(3)7-20-9-15-8-16-20/h8-10H,4-7H2,1-3H3,(H2,17,18,19,21). The number of rotatable bonds is 7. The molecule has 2 heterocycles. The number of nitrogens with zero attached hydrogens (tertiary/aromatic N) is 4. The minimum atomic E-state index is -0.243. The second kappa shape index (κ2) is 7.88. The molecule has 2 aromatic heterocycles. The summed E-state index contributed by atoms with van der Waals surface area (Å²) in [6.07, 6.45) is 6.05. The van der Waals surface area contributed by atoms with Crippen LogP contribution in [0.3, 0.4) is 0 Å². The summed E-state index contributed by atoms with van der Waals surface area (Å²) in [6, 6.07) is -0.297. The first kappa shape index (κ1) is 16.4. The number of amides is 2. The molecule has 120 valence electrons. The third-order valence-electron chi connectivity index (χ3n) is 3.11. The molecule has 2 amide bonds. The first-order valence-corrected chi connectivity index (χ1v) is 8.32. The number of hydrogen-bond acceptors (Lipinski definition) is 5. The van der Waals surface area contributed by atoms with E-state index >= 15 is 0 Å².